The van der Waals surface area contributed by atoms with Crippen LogP contribution in [0, 0.1) is 0 Å². The maximum absolute atomic E-state index is 12.3. The summed E-state index contributed by atoms with van der Waals surface area (Å²) in [7, 11) is -3.61. The van der Waals surface area contributed by atoms with E-state index < -0.39 is 16.1 Å². The van der Waals surface area contributed by atoms with Crippen molar-refractivity contribution < 1.29 is 18.3 Å². The van der Waals surface area contributed by atoms with Gasteiger partial charge in [0.2, 0.25) is 10.0 Å². The molecule has 0 amide bonds. The van der Waals surface area contributed by atoms with Crippen molar-refractivity contribution in [1.82, 2.24) is 9.29 Å². The molecule has 1 fully saturated rings. The van der Waals surface area contributed by atoms with Crippen LogP contribution in [0.4, 0.5) is 5.82 Å². The van der Waals surface area contributed by atoms with E-state index >= 15 is 0 Å². The van der Waals surface area contributed by atoms with Crippen molar-refractivity contribution in [3.8, 4) is 0 Å². The SMILES string of the molecule is Nc1cc(S(=O)(=O)N2CCOC(CO)C2)ccn1. The first kappa shape index (κ1) is 13.2. The summed E-state index contributed by atoms with van der Waals surface area (Å²) >= 11 is 0. The topological polar surface area (TPSA) is 106 Å². The van der Waals surface area contributed by atoms with Gasteiger partial charge in [0.15, 0.2) is 0 Å². The number of morpholine rings is 1. The van der Waals surface area contributed by atoms with Crippen LogP contribution in [0.5, 0.6) is 0 Å². The van der Waals surface area contributed by atoms with Crippen LogP contribution < -0.4 is 5.73 Å². The number of nitrogen functional groups attached to an aromatic ring is 1. The lowest BCUT2D eigenvalue weighted by molar-refractivity contribution is -0.0304. The van der Waals surface area contributed by atoms with Crippen molar-refractivity contribution in [2.24, 2.45) is 0 Å². The Bertz CT molecular complexity index is 520. The minimum absolute atomic E-state index is 0.105. The molecule has 1 atom stereocenters. The summed E-state index contributed by atoms with van der Waals surface area (Å²) in [5.74, 6) is 0.156. The van der Waals surface area contributed by atoms with Crippen molar-refractivity contribution in [2.75, 3.05) is 32.0 Å². The van der Waals surface area contributed by atoms with Gasteiger partial charge in [0.25, 0.3) is 0 Å². The second-order valence-corrected chi connectivity index (χ2v) is 5.89. The van der Waals surface area contributed by atoms with E-state index in [9.17, 15) is 8.42 Å². The third-order valence-corrected chi connectivity index (χ3v) is 4.56. The fourth-order valence-corrected chi connectivity index (χ4v) is 3.24. The molecular formula is C10H15N3O4S. The van der Waals surface area contributed by atoms with Crippen molar-refractivity contribution in [1.29, 1.82) is 0 Å². The second-order valence-electron chi connectivity index (χ2n) is 3.95. The molecule has 1 aliphatic heterocycles. The second kappa shape index (κ2) is 5.19. The molecule has 1 aromatic rings. The number of sulfonamides is 1. The summed E-state index contributed by atoms with van der Waals surface area (Å²) in [5, 5.41) is 9.01. The number of pyridine rings is 1. The lowest BCUT2D eigenvalue weighted by Gasteiger charge is -2.31. The molecule has 1 unspecified atom stereocenters. The van der Waals surface area contributed by atoms with Crippen LogP contribution in [-0.2, 0) is 14.8 Å². The smallest absolute Gasteiger partial charge is 0.243 e. The number of rotatable bonds is 3. The lowest BCUT2D eigenvalue weighted by atomic mass is 10.3. The Morgan fingerprint density at radius 1 is 1.61 bits per heavy atom. The Morgan fingerprint density at radius 2 is 2.39 bits per heavy atom. The van der Waals surface area contributed by atoms with Crippen LogP contribution in [0.25, 0.3) is 0 Å². The summed E-state index contributed by atoms with van der Waals surface area (Å²) in [5.41, 5.74) is 5.48. The van der Waals surface area contributed by atoms with E-state index in [0.29, 0.717) is 0 Å². The number of ether oxygens (including phenoxy) is 1. The molecule has 18 heavy (non-hydrogen) atoms. The molecule has 0 spiro atoms. The van der Waals surface area contributed by atoms with E-state index in [4.69, 9.17) is 15.6 Å². The number of aliphatic hydroxyl groups excluding tert-OH is 1. The first-order valence-corrected chi connectivity index (χ1v) is 6.92. The molecule has 100 valence electrons. The first-order chi connectivity index (χ1) is 8.54. The zero-order valence-corrected chi connectivity index (χ0v) is 10.5. The largest absolute Gasteiger partial charge is 0.394 e. The van der Waals surface area contributed by atoms with Crippen LogP contribution in [0.2, 0.25) is 0 Å². The molecule has 1 aliphatic rings. The molecule has 0 saturated carbocycles. The highest BCUT2D eigenvalue weighted by Gasteiger charge is 2.30. The number of anilines is 1. The van der Waals surface area contributed by atoms with Gasteiger partial charge in [-0.2, -0.15) is 4.31 Å². The van der Waals surface area contributed by atoms with Gasteiger partial charge in [-0.1, -0.05) is 0 Å². The average molecular weight is 273 g/mol. The number of nitrogens with two attached hydrogens (primary N) is 1. The third kappa shape index (κ3) is 2.61. The molecule has 0 bridgehead atoms. The number of hydrogen-bond donors (Lipinski definition) is 2. The summed E-state index contributed by atoms with van der Waals surface area (Å²) in [6, 6.07) is 2.72. The van der Waals surface area contributed by atoms with Crippen LogP contribution in [0.3, 0.4) is 0 Å². The summed E-state index contributed by atoms with van der Waals surface area (Å²) in [6.45, 7) is 0.470. The molecular weight excluding hydrogens is 258 g/mol. The van der Waals surface area contributed by atoms with Crippen molar-refractivity contribution in [3.05, 3.63) is 18.3 Å². The molecule has 0 radical (unpaired) electrons. The van der Waals surface area contributed by atoms with Crippen molar-refractivity contribution in [2.45, 2.75) is 11.0 Å². The predicted molar refractivity (Wildman–Crippen MR) is 64.2 cm³/mol. The van der Waals surface area contributed by atoms with E-state index in [1.54, 1.807) is 0 Å². The highest BCUT2D eigenvalue weighted by molar-refractivity contribution is 7.89. The average Bonchev–Trinajstić information content (AvgIpc) is 2.39. The van der Waals surface area contributed by atoms with Gasteiger partial charge in [-0.15, -0.1) is 0 Å². The molecule has 2 rings (SSSR count). The summed E-state index contributed by atoms with van der Waals surface area (Å²) < 4.78 is 31.1. The Balaban J connectivity index is 2.25. The number of nitrogens with zero attached hydrogens (tertiary/aromatic N) is 2. The minimum atomic E-state index is -3.61. The molecule has 2 heterocycles. The van der Waals surface area contributed by atoms with E-state index in [1.807, 2.05) is 0 Å². The van der Waals surface area contributed by atoms with Crippen LogP contribution in [0.15, 0.2) is 23.2 Å². The molecule has 0 aromatic carbocycles. The Morgan fingerprint density at radius 3 is 3.06 bits per heavy atom. The summed E-state index contributed by atoms with van der Waals surface area (Å²) in [6.07, 6.45) is 0.874. The number of aliphatic hydroxyl groups is 1. The maximum atomic E-state index is 12.3. The van der Waals surface area contributed by atoms with Crippen molar-refractivity contribution in [3.63, 3.8) is 0 Å². The van der Waals surface area contributed by atoms with E-state index in [-0.39, 0.29) is 37.0 Å². The third-order valence-electron chi connectivity index (χ3n) is 2.70. The normalized spacial score (nSPS) is 21.9. The van der Waals surface area contributed by atoms with Gasteiger partial charge < -0.3 is 15.6 Å². The van der Waals surface area contributed by atoms with E-state index in [0.717, 1.165) is 0 Å². The van der Waals surface area contributed by atoms with Gasteiger partial charge in [-0.25, -0.2) is 13.4 Å². The molecule has 3 N–H and O–H groups in total. The van der Waals surface area contributed by atoms with Gasteiger partial charge in [0.05, 0.1) is 24.2 Å². The molecule has 7 nitrogen and oxygen atoms in total. The monoisotopic (exact) mass is 273 g/mol. The quantitative estimate of drug-likeness (QED) is 0.735. The number of aromatic nitrogens is 1. The molecule has 1 saturated heterocycles. The first-order valence-electron chi connectivity index (χ1n) is 5.48. The van der Waals surface area contributed by atoms with Gasteiger partial charge >= 0.3 is 0 Å². The highest BCUT2D eigenvalue weighted by atomic mass is 32.2. The zero-order valence-electron chi connectivity index (χ0n) is 9.69. The van der Waals surface area contributed by atoms with E-state index in [1.165, 1.54) is 22.6 Å². The molecule has 1 aromatic heterocycles. The van der Waals surface area contributed by atoms with Crippen molar-refractivity contribution >= 4 is 15.8 Å². The van der Waals surface area contributed by atoms with Crippen LogP contribution >= 0.6 is 0 Å². The van der Waals surface area contributed by atoms with E-state index in [2.05, 4.69) is 4.98 Å². The zero-order chi connectivity index (χ0) is 13.2. The molecule has 8 heteroatoms. The minimum Gasteiger partial charge on any atom is -0.394 e. The lowest BCUT2D eigenvalue weighted by Crippen LogP contribution is -2.46. The fraction of sp³-hybridized carbons (Fsp3) is 0.500. The maximum Gasteiger partial charge on any atom is 0.243 e. The van der Waals surface area contributed by atoms with Crippen LogP contribution in [-0.4, -0.2) is 55.2 Å². The predicted octanol–water partition coefficient (Wildman–Crippen LogP) is -0.954. The Hall–Kier alpha value is -1.22. The highest BCUT2D eigenvalue weighted by Crippen LogP contribution is 2.19. The Labute approximate surface area is 105 Å². The summed E-state index contributed by atoms with van der Waals surface area (Å²) in [4.78, 5) is 3.86. The molecule has 0 aliphatic carbocycles. The Kier molecular flexibility index (Phi) is 3.81. The van der Waals surface area contributed by atoms with Gasteiger partial charge in [0, 0.05) is 25.4 Å². The van der Waals surface area contributed by atoms with Crippen LogP contribution in [0.1, 0.15) is 0 Å². The number of hydrogen-bond acceptors (Lipinski definition) is 6. The van der Waals surface area contributed by atoms with Gasteiger partial charge in [-0.05, 0) is 6.07 Å². The van der Waals surface area contributed by atoms with Gasteiger partial charge in [-0.3, -0.25) is 0 Å². The fourth-order valence-electron chi connectivity index (χ4n) is 1.76. The van der Waals surface area contributed by atoms with Gasteiger partial charge in [0.1, 0.15) is 5.82 Å². The standard InChI is InChI=1S/C10H15N3O4S/c11-10-5-9(1-2-12-10)18(15,16)13-3-4-17-8(6-13)7-14/h1-2,5,8,14H,3-4,6-7H2,(H2,11,12).